The largest absolute Gasteiger partial charge is 0.374 e. The molecule has 0 unspecified atom stereocenters. The maximum absolute atomic E-state index is 9.81. The van der Waals surface area contributed by atoms with E-state index in [1.165, 1.54) is 0 Å². The number of ether oxygens (including phenoxy) is 7. The molecule has 2 saturated heterocycles. The van der Waals surface area contributed by atoms with Gasteiger partial charge in [0.25, 0.3) is 0 Å². The summed E-state index contributed by atoms with van der Waals surface area (Å²) in [5.41, 5.74) is 12.8. The SMILES string of the molecule is CC1(C)O[C@H]2[C@@H](O[C@H]3O[C@H](COCc4ccccc4)[C@@H](OCc4ccccc4)[C@H](N=[N+]=[N-])[C@H]3OCc3ccccc3)CC=C[C@H]2O1. The smallest absolute Gasteiger partial charge is 0.185 e. The van der Waals surface area contributed by atoms with E-state index < -0.39 is 36.4 Å². The van der Waals surface area contributed by atoms with Gasteiger partial charge in [-0.1, -0.05) is 108 Å². The van der Waals surface area contributed by atoms with Gasteiger partial charge in [0.1, 0.15) is 24.4 Å². The lowest BCUT2D eigenvalue weighted by Gasteiger charge is -2.46. The van der Waals surface area contributed by atoms with E-state index in [4.69, 9.17) is 33.2 Å². The molecular weight excluding hydrogens is 586 g/mol. The molecule has 2 heterocycles. The summed E-state index contributed by atoms with van der Waals surface area (Å²) in [6.45, 7) is 4.90. The van der Waals surface area contributed by atoms with Gasteiger partial charge >= 0.3 is 0 Å². The molecule has 3 aliphatic rings. The third-order valence-corrected chi connectivity index (χ3v) is 8.30. The Hall–Kier alpha value is -3.57. The molecule has 3 aromatic carbocycles. The second kappa shape index (κ2) is 15.3. The van der Waals surface area contributed by atoms with E-state index in [0.29, 0.717) is 13.0 Å². The van der Waals surface area contributed by atoms with Crippen molar-refractivity contribution in [2.24, 2.45) is 5.11 Å². The fourth-order valence-electron chi connectivity index (χ4n) is 6.15. The standard InChI is InChI=1S/C36H41N3O7/c1-36(2)45-29-20-12-19-28(32(29)46-36)43-35-34(42-23-27-17-10-5-11-18-27)31(38-39-37)33(41-22-26-15-8-4-9-16-26)30(44-35)24-40-21-25-13-6-3-7-14-25/h3-18,20,28-35H,19,21-24H2,1-2H3/t28-,29+,30+,31-,32-,33+,34+,35-/m0/s1. The van der Waals surface area contributed by atoms with Crippen LogP contribution in [0, 0.1) is 0 Å². The summed E-state index contributed by atoms with van der Waals surface area (Å²) in [6.07, 6.45) is 0.667. The van der Waals surface area contributed by atoms with E-state index in [9.17, 15) is 5.53 Å². The number of benzene rings is 3. The van der Waals surface area contributed by atoms with Crippen LogP contribution in [0.2, 0.25) is 0 Å². The van der Waals surface area contributed by atoms with Gasteiger partial charge in [-0.15, -0.1) is 0 Å². The van der Waals surface area contributed by atoms with Crippen LogP contribution in [0.5, 0.6) is 0 Å². The molecule has 0 bridgehead atoms. The zero-order valence-corrected chi connectivity index (χ0v) is 26.2. The van der Waals surface area contributed by atoms with E-state index in [1.807, 2.05) is 117 Å². The van der Waals surface area contributed by atoms with Crippen LogP contribution in [0.1, 0.15) is 37.0 Å². The topological polar surface area (TPSA) is 113 Å². The van der Waals surface area contributed by atoms with Gasteiger partial charge in [0.05, 0.1) is 44.7 Å². The molecule has 10 heteroatoms. The van der Waals surface area contributed by atoms with Crippen molar-refractivity contribution in [1.29, 1.82) is 0 Å². The van der Waals surface area contributed by atoms with Crippen LogP contribution in [0.3, 0.4) is 0 Å². The normalized spacial score (nSPS) is 30.0. The Morgan fingerprint density at radius 3 is 2.00 bits per heavy atom. The summed E-state index contributed by atoms with van der Waals surface area (Å²) in [5, 5.41) is 4.27. The highest BCUT2D eigenvalue weighted by Crippen LogP contribution is 2.38. The average molecular weight is 628 g/mol. The summed E-state index contributed by atoms with van der Waals surface area (Å²) in [6, 6.07) is 28.8. The van der Waals surface area contributed by atoms with Gasteiger partial charge in [-0.3, -0.25) is 0 Å². The third-order valence-electron chi connectivity index (χ3n) is 8.30. The second-order valence-electron chi connectivity index (χ2n) is 12.2. The van der Waals surface area contributed by atoms with Crippen LogP contribution < -0.4 is 0 Å². The number of nitrogens with zero attached hydrogens (tertiary/aromatic N) is 3. The molecule has 242 valence electrons. The van der Waals surface area contributed by atoms with Crippen molar-refractivity contribution in [2.75, 3.05) is 6.61 Å². The molecule has 6 rings (SSSR count). The van der Waals surface area contributed by atoms with Crippen molar-refractivity contribution in [2.45, 2.75) is 94.8 Å². The Morgan fingerprint density at radius 1 is 0.804 bits per heavy atom. The van der Waals surface area contributed by atoms with Crippen molar-refractivity contribution < 1.29 is 33.2 Å². The summed E-state index contributed by atoms with van der Waals surface area (Å²) >= 11 is 0. The van der Waals surface area contributed by atoms with E-state index in [1.54, 1.807) is 0 Å². The van der Waals surface area contributed by atoms with Crippen LogP contribution >= 0.6 is 0 Å². The Kier molecular flexibility index (Phi) is 10.8. The predicted molar refractivity (Wildman–Crippen MR) is 170 cm³/mol. The highest BCUT2D eigenvalue weighted by Gasteiger charge is 2.51. The first-order valence-electron chi connectivity index (χ1n) is 15.8. The molecule has 2 fully saturated rings. The molecule has 0 amide bonds. The van der Waals surface area contributed by atoms with Crippen molar-refractivity contribution in [3.63, 3.8) is 0 Å². The third kappa shape index (κ3) is 8.22. The first-order chi connectivity index (χ1) is 22.5. The van der Waals surface area contributed by atoms with Gasteiger partial charge in [-0.25, -0.2) is 0 Å². The van der Waals surface area contributed by atoms with Crippen LogP contribution in [0.25, 0.3) is 10.4 Å². The number of hydrogen-bond donors (Lipinski definition) is 0. The highest BCUT2D eigenvalue weighted by molar-refractivity contribution is 5.16. The predicted octanol–water partition coefficient (Wildman–Crippen LogP) is 6.64. The Bertz CT molecular complexity index is 1450. The molecule has 1 aliphatic carbocycles. The lowest BCUT2D eigenvalue weighted by Crippen LogP contribution is -2.61. The van der Waals surface area contributed by atoms with Crippen molar-refractivity contribution >= 4 is 0 Å². The van der Waals surface area contributed by atoms with E-state index in [0.717, 1.165) is 16.7 Å². The number of rotatable bonds is 13. The minimum atomic E-state index is -0.912. The highest BCUT2D eigenvalue weighted by atomic mass is 16.8. The number of hydrogen-bond acceptors (Lipinski definition) is 8. The summed E-state index contributed by atoms with van der Waals surface area (Å²) in [5.74, 6) is -0.750. The lowest BCUT2D eigenvalue weighted by atomic mass is 9.95. The van der Waals surface area contributed by atoms with Crippen LogP contribution in [0.15, 0.2) is 108 Å². The summed E-state index contributed by atoms with van der Waals surface area (Å²) < 4.78 is 45.0. The van der Waals surface area contributed by atoms with Gasteiger partial charge in [0, 0.05) is 4.91 Å². The lowest BCUT2D eigenvalue weighted by molar-refractivity contribution is -0.314. The minimum absolute atomic E-state index is 0.181. The van der Waals surface area contributed by atoms with Crippen LogP contribution in [0.4, 0.5) is 0 Å². The van der Waals surface area contributed by atoms with Crippen LogP contribution in [-0.4, -0.2) is 61.3 Å². The molecular formula is C36H41N3O7. The first kappa shape index (κ1) is 32.4. The van der Waals surface area contributed by atoms with E-state index in [2.05, 4.69) is 10.0 Å². The monoisotopic (exact) mass is 627 g/mol. The van der Waals surface area contributed by atoms with Gasteiger partial charge < -0.3 is 33.2 Å². The Morgan fingerprint density at radius 2 is 1.39 bits per heavy atom. The molecule has 0 spiro atoms. The van der Waals surface area contributed by atoms with E-state index >= 15 is 0 Å². The summed E-state index contributed by atoms with van der Waals surface area (Å²) in [7, 11) is 0. The molecule has 0 saturated carbocycles. The number of azide groups is 1. The number of fused-ring (bicyclic) bond motifs is 1. The Balaban J connectivity index is 1.28. The van der Waals surface area contributed by atoms with Gasteiger partial charge in [-0.05, 0) is 42.5 Å². The molecule has 0 aromatic heterocycles. The zero-order chi connectivity index (χ0) is 31.8. The zero-order valence-electron chi connectivity index (χ0n) is 26.2. The van der Waals surface area contributed by atoms with Gasteiger partial charge in [0.15, 0.2) is 12.1 Å². The molecule has 46 heavy (non-hydrogen) atoms. The van der Waals surface area contributed by atoms with Crippen molar-refractivity contribution in [3.05, 3.63) is 130 Å². The molecule has 3 aromatic rings. The van der Waals surface area contributed by atoms with Gasteiger partial charge in [-0.2, -0.15) is 0 Å². The summed E-state index contributed by atoms with van der Waals surface area (Å²) in [4.78, 5) is 3.24. The fraction of sp³-hybridized carbons (Fsp3) is 0.444. The van der Waals surface area contributed by atoms with Crippen molar-refractivity contribution in [3.8, 4) is 0 Å². The maximum Gasteiger partial charge on any atom is 0.185 e. The molecule has 10 nitrogen and oxygen atoms in total. The molecule has 8 atom stereocenters. The molecule has 0 N–H and O–H groups in total. The first-order valence-corrected chi connectivity index (χ1v) is 15.8. The molecule has 0 radical (unpaired) electrons. The maximum atomic E-state index is 9.81. The van der Waals surface area contributed by atoms with Gasteiger partial charge in [0.2, 0.25) is 0 Å². The van der Waals surface area contributed by atoms with Crippen LogP contribution in [-0.2, 0) is 53.0 Å². The van der Waals surface area contributed by atoms with E-state index in [-0.39, 0.29) is 38.1 Å². The Labute approximate surface area is 269 Å². The quantitative estimate of drug-likeness (QED) is 0.0903. The van der Waals surface area contributed by atoms with Crippen molar-refractivity contribution in [1.82, 2.24) is 0 Å². The fourth-order valence-corrected chi connectivity index (χ4v) is 6.15. The molecule has 2 aliphatic heterocycles. The average Bonchev–Trinajstić information content (AvgIpc) is 3.40. The minimum Gasteiger partial charge on any atom is -0.374 e. The second-order valence-corrected chi connectivity index (χ2v) is 12.2.